The van der Waals surface area contributed by atoms with E-state index in [1.54, 1.807) is 6.92 Å². The molecule has 4 heteroatoms. The molecule has 0 aromatic rings. The molecule has 0 N–H and O–H groups in total. The summed E-state index contributed by atoms with van der Waals surface area (Å²) < 4.78 is 10.4. The fraction of sp³-hybridized carbons (Fsp3) is 0.667. The van der Waals surface area contributed by atoms with Crippen LogP contribution in [0.5, 0.6) is 0 Å². The van der Waals surface area contributed by atoms with Crippen molar-refractivity contribution in [3.63, 3.8) is 0 Å². The summed E-state index contributed by atoms with van der Waals surface area (Å²) in [6, 6.07) is 1.94. The van der Waals surface area contributed by atoms with Gasteiger partial charge in [0.2, 0.25) is 0 Å². The Bertz CT molecular complexity index is 350. The van der Waals surface area contributed by atoms with Crippen molar-refractivity contribution < 1.29 is 14.3 Å². The lowest BCUT2D eigenvalue weighted by atomic mass is 9.90. The summed E-state index contributed by atoms with van der Waals surface area (Å²) in [6.07, 6.45) is 1.24. The van der Waals surface area contributed by atoms with Crippen molar-refractivity contribution >= 4 is 5.97 Å². The molecule has 1 heterocycles. The molecule has 1 aliphatic rings. The Hall–Kier alpha value is -1.34. The maximum Gasteiger partial charge on any atom is 0.348 e. The van der Waals surface area contributed by atoms with E-state index in [0.29, 0.717) is 19.4 Å². The number of nitriles is 1. The highest BCUT2D eigenvalue weighted by molar-refractivity contribution is 5.93. The summed E-state index contributed by atoms with van der Waals surface area (Å²) in [7, 11) is 0. The molecule has 1 fully saturated rings. The molecule has 0 amide bonds. The summed E-state index contributed by atoms with van der Waals surface area (Å²) in [5.41, 5.74) is 0.692. The fourth-order valence-corrected chi connectivity index (χ4v) is 1.79. The van der Waals surface area contributed by atoms with Crippen LogP contribution < -0.4 is 0 Å². The number of hydrogen-bond acceptors (Lipinski definition) is 4. The molecule has 1 rings (SSSR count). The quantitative estimate of drug-likeness (QED) is 0.408. The average Bonchev–Trinajstić information content (AvgIpc) is 2.17. The summed E-state index contributed by atoms with van der Waals surface area (Å²) >= 11 is 0. The molecule has 16 heavy (non-hydrogen) atoms. The molecule has 0 spiro atoms. The van der Waals surface area contributed by atoms with Gasteiger partial charge in [-0.25, -0.2) is 4.79 Å². The zero-order valence-corrected chi connectivity index (χ0v) is 10.0. The number of rotatable bonds is 2. The van der Waals surface area contributed by atoms with Crippen LogP contribution in [0.15, 0.2) is 11.1 Å². The van der Waals surface area contributed by atoms with Gasteiger partial charge in [0, 0.05) is 0 Å². The second kappa shape index (κ2) is 5.13. The third-order valence-electron chi connectivity index (χ3n) is 2.48. The largest absolute Gasteiger partial charge is 0.462 e. The van der Waals surface area contributed by atoms with E-state index in [4.69, 9.17) is 14.7 Å². The molecule has 0 aromatic heterocycles. The van der Waals surface area contributed by atoms with Crippen molar-refractivity contribution in [2.75, 3.05) is 13.2 Å². The lowest BCUT2D eigenvalue weighted by Gasteiger charge is -2.32. The molecule has 0 radical (unpaired) electrons. The smallest absolute Gasteiger partial charge is 0.348 e. The molecular formula is C12H17NO3. The number of nitrogens with zero attached hydrogens (tertiary/aromatic N) is 1. The van der Waals surface area contributed by atoms with Crippen LogP contribution in [-0.2, 0) is 14.3 Å². The van der Waals surface area contributed by atoms with Crippen LogP contribution >= 0.6 is 0 Å². The van der Waals surface area contributed by atoms with Crippen LogP contribution in [0.4, 0.5) is 0 Å². The molecule has 0 aliphatic carbocycles. The first-order valence-electron chi connectivity index (χ1n) is 5.43. The van der Waals surface area contributed by atoms with Crippen LogP contribution in [0, 0.1) is 11.3 Å². The lowest BCUT2D eigenvalue weighted by molar-refractivity contribution is -0.138. The molecule has 0 aromatic carbocycles. The molecule has 88 valence electrons. The summed E-state index contributed by atoms with van der Waals surface area (Å²) in [6.45, 7) is 6.47. The molecule has 0 bridgehead atoms. The number of esters is 1. The normalized spacial score (nSPS) is 22.1. The Kier molecular flexibility index (Phi) is 4.08. The van der Waals surface area contributed by atoms with Gasteiger partial charge in [-0.1, -0.05) is 0 Å². The maximum absolute atomic E-state index is 11.5. The van der Waals surface area contributed by atoms with Crippen LogP contribution in [0.3, 0.4) is 0 Å². The van der Waals surface area contributed by atoms with Gasteiger partial charge in [-0.3, -0.25) is 0 Å². The van der Waals surface area contributed by atoms with E-state index in [2.05, 4.69) is 0 Å². The molecule has 1 saturated heterocycles. The fourth-order valence-electron chi connectivity index (χ4n) is 1.79. The molecule has 0 atom stereocenters. The second-order valence-corrected chi connectivity index (χ2v) is 4.35. The minimum atomic E-state index is -0.516. The van der Waals surface area contributed by atoms with E-state index in [1.807, 2.05) is 19.9 Å². The number of hydrogen-bond donors (Lipinski definition) is 0. The molecule has 1 aliphatic heterocycles. The Morgan fingerprint density at radius 2 is 2.31 bits per heavy atom. The number of ether oxygens (including phenoxy) is 2. The Morgan fingerprint density at radius 3 is 2.81 bits per heavy atom. The van der Waals surface area contributed by atoms with Gasteiger partial charge in [-0.15, -0.1) is 0 Å². The lowest BCUT2D eigenvalue weighted by Crippen LogP contribution is -2.31. The van der Waals surface area contributed by atoms with Gasteiger partial charge in [0.05, 0.1) is 18.8 Å². The van der Waals surface area contributed by atoms with E-state index in [9.17, 15) is 4.79 Å². The van der Waals surface area contributed by atoms with Crippen molar-refractivity contribution in [2.45, 2.75) is 39.2 Å². The van der Waals surface area contributed by atoms with E-state index < -0.39 is 5.97 Å². The minimum Gasteiger partial charge on any atom is -0.462 e. The SMILES string of the molecule is CCOC(=O)/C(C#N)=C1\CCOC(C)(C)C1. The van der Waals surface area contributed by atoms with Gasteiger partial charge in [-0.2, -0.15) is 5.26 Å². The molecule has 0 saturated carbocycles. The first-order valence-corrected chi connectivity index (χ1v) is 5.43. The maximum atomic E-state index is 11.5. The van der Waals surface area contributed by atoms with Gasteiger partial charge in [0.1, 0.15) is 11.6 Å². The van der Waals surface area contributed by atoms with Crippen molar-refractivity contribution in [3.8, 4) is 6.07 Å². The first kappa shape index (κ1) is 12.7. The van der Waals surface area contributed by atoms with Gasteiger partial charge in [0.25, 0.3) is 0 Å². The topological polar surface area (TPSA) is 59.3 Å². The molecular weight excluding hydrogens is 206 g/mol. The van der Waals surface area contributed by atoms with E-state index in [0.717, 1.165) is 5.57 Å². The third kappa shape index (κ3) is 3.07. The summed E-state index contributed by atoms with van der Waals surface area (Å²) in [4.78, 5) is 11.5. The Morgan fingerprint density at radius 1 is 1.62 bits per heavy atom. The van der Waals surface area contributed by atoms with Crippen molar-refractivity contribution in [2.24, 2.45) is 0 Å². The van der Waals surface area contributed by atoms with Crippen molar-refractivity contribution in [1.82, 2.24) is 0 Å². The highest BCUT2D eigenvalue weighted by Gasteiger charge is 2.29. The minimum absolute atomic E-state index is 0.151. The summed E-state index contributed by atoms with van der Waals surface area (Å²) in [5, 5.41) is 9.00. The molecule has 0 unspecified atom stereocenters. The number of carbonyl (C=O) groups excluding carboxylic acids is 1. The van der Waals surface area contributed by atoms with Crippen LogP contribution in [0.1, 0.15) is 33.6 Å². The van der Waals surface area contributed by atoms with Gasteiger partial charge in [-0.05, 0) is 39.2 Å². The number of carbonyl (C=O) groups is 1. The van der Waals surface area contributed by atoms with Crippen LogP contribution in [0.25, 0.3) is 0 Å². The van der Waals surface area contributed by atoms with Crippen molar-refractivity contribution in [1.29, 1.82) is 5.26 Å². The highest BCUT2D eigenvalue weighted by atomic mass is 16.5. The monoisotopic (exact) mass is 223 g/mol. The van der Waals surface area contributed by atoms with Crippen LogP contribution in [0.2, 0.25) is 0 Å². The highest BCUT2D eigenvalue weighted by Crippen LogP contribution is 2.30. The van der Waals surface area contributed by atoms with Crippen LogP contribution in [-0.4, -0.2) is 24.8 Å². The van der Waals surface area contributed by atoms with Crippen molar-refractivity contribution in [3.05, 3.63) is 11.1 Å². The van der Waals surface area contributed by atoms with E-state index in [1.165, 1.54) is 0 Å². The standard InChI is InChI=1S/C12H17NO3/c1-4-15-11(14)10(8-13)9-5-6-16-12(2,3)7-9/h4-7H2,1-3H3/b10-9+. The van der Waals surface area contributed by atoms with E-state index >= 15 is 0 Å². The zero-order chi connectivity index (χ0) is 12.2. The first-order chi connectivity index (χ1) is 7.50. The Balaban J connectivity index is 2.92. The van der Waals surface area contributed by atoms with Gasteiger partial charge in [0.15, 0.2) is 0 Å². The second-order valence-electron chi connectivity index (χ2n) is 4.35. The Labute approximate surface area is 95.8 Å². The van der Waals surface area contributed by atoms with Gasteiger partial charge >= 0.3 is 5.97 Å². The average molecular weight is 223 g/mol. The predicted molar refractivity (Wildman–Crippen MR) is 58.5 cm³/mol. The summed E-state index contributed by atoms with van der Waals surface area (Å²) in [5.74, 6) is -0.516. The zero-order valence-electron chi connectivity index (χ0n) is 10.0. The predicted octanol–water partition coefficient (Wildman–Crippen LogP) is 1.96. The van der Waals surface area contributed by atoms with Gasteiger partial charge < -0.3 is 9.47 Å². The van der Waals surface area contributed by atoms with E-state index in [-0.39, 0.29) is 17.8 Å². The third-order valence-corrected chi connectivity index (χ3v) is 2.48. The molecule has 4 nitrogen and oxygen atoms in total.